The number of aromatic nitrogens is 4. The number of amides is 1. The monoisotopic (exact) mass is 527 g/mol. The van der Waals surface area contributed by atoms with Gasteiger partial charge >= 0.3 is 12.8 Å². The first-order chi connectivity index (χ1) is 17.0. The summed E-state index contributed by atoms with van der Waals surface area (Å²) in [5.74, 6) is -2.79. The van der Waals surface area contributed by atoms with Crippen LogP contribution in [0.4, 0.5) is 32.0 Å². The van der Waals surface area contributed by atoms with E-state index < -0.39 is 46.7 Å². The summed E-state index contributed by atoms with van der Waals surface area (Å²) in [7, 11) is 0. The van der Waals surface area contributed by atoms with Crippen LogP contribution in [0.25, 0.3) is 16.9 Å². The topological polar surface area (TPSA) is 81.9 Å². The van der Waals surface area contributed by atoms with Gasteiger partial charge < -0.3 is 10.1 Å². The Balaban J connectivity index is 1.70. The smallest absolute Gasteiger partial charge is 0.420 e. The van der Waals surface area contributed by atoms with Crippen LogP contribution in [0.5, 0.6) is 5.75 Å². The van der Waals surface area contributed by atoms with Crippen molar-refractivity contribution >= 4 is 23.2 Å². The van der Waals surface area contributed by atoms with Gasteiger partial charge in [-0.25, -0.2) is 9.37 Å². The van der Waals surface area contributed by atoms with E-state index in [9.17, 15) is 31.1 Å². The highest BCUT2D eigenvalue weighted by molar-refractivity contribution is 6.36. The van der Waals surface area contributed by atoms with Gasteiger partial charge in [-0.15, -0.1) is 4.80 Å². The number of carbonyl (C=O) groups is 1. The Morgan fingerprint density at radius 2 is 1.72 bits per heavy atom. The van der Waals surface area contributed by atoms with Crippen LogP contribution in [-0.2, 0) is 6.18 Å². The number of carbonyl (C=O) groups excluding carboxylic acids is 1. The van der Waals surface area contributed by atoms with Crippen LogP contribution in [0.3, 0.4) is 0 Å². The minimum atomic E-state index is -4.87. The number of halogens is 7. The van der Waals surface area contributed by atoms with Crippen LogP contribution in [0, 0.1) is 5.82 Å². The number of pyridine rings is 1. The van der Waals surface area contributed by atoms with Crippen molar-refractivity contribution < 1.29 is 35.9 Å². The molecule has 0 bridgehead atoms. The fourth-order valence-electron chi connectivity index (χ4n) is 3.21. The molecule has 4 rings (SSSR count). The third-order valence-corrected chi connectivity index (χ3v) is 5.12. The lowest BCUT2D eigenvalue weighted by molar-refractivity contribution is -0.137. The largest absolute Gasteiger partial charge is 0.433 e. The molecule has 2 heterocycles. The fraction of sp³-hybridized carbons (Fsp3) is 0.0909. The van der Waals surface area contributed by atoms with Gasteiger partial charge in [0.1, 0.15) is 11.4 Å². The lowest BCUT2D eigenvalue weighted by Crippen LogP contribution is -2.18. The lowest BCUT2D eigenvalue weighted by atomic mass is 10.0. The Morgan fingerprint density at radius 1 is 1.06 bits per heavy atom. The first-order valence-electron chi connectivity index (χ1n) is 9.83. The van der Waals surface area contributed by atoms with Crippen molar-refractivity contribution in [2.24, 2.45) is 0 Å². The average Bonchev–Trinajstić information content (AvgIpc) is 3.35. The standard InChI is InChI=1S/C22H12ClF6N5O2/c23-17-15(6-5-14(18(17)36-21(25)26)11-1-3-12(24)4-2-11)20(35)33-13-9-16(22(27,28)29)19(30-10-13)34-31-7-8-32-34/h1-10,21H,(H,33,35). The maximum atomic E-state index is 13.6. The molecule has 0 fully saturated rings. The molecule has 1 N–H and O–H groups in total. The Labute approximate surface area is 203 Å². The second kappa shape index (κ2) is 9.85. The SMILES string of the molecule is O=C(Nc1cnc(-n2nccn2)c(C(F)(F)F)c1)c1ccc(-c2ccc(F)cc2)c(OC(F)F)c1Cl. The zero-order valence-electron chi connectivity index (χ0n) is 17.6. The van der Waals surface area contributed by atoms with Crippen LogP contribution in [0.1, 0.15) is 15.9 Å². The van der Waals surface area contributed by atoms with Crippen LogP contribution in [-0.4, -0.2) is 32.5 Å². The molecule has 0 unspecified atom stereocenters. The molecule has 2 aromatic heterocycles. The Hall–Kier alpha value is -4.13. The van der Waals surface area contributed by atoms with Crippen molar-refractivity contribution in [2.75, 3.05) is 5.32 Å². The van der Waals surface area contributed by atoms with E-state index in [1.807, 2.05) is 0 Å². The number of rotatable bonds is 6. The highest BCUT2D eigenvalue weighted by Crippen LogP contribution is 2.40. The molecule has 2 aromatic carbocycles. The van der Waals surface area contributed by atoms with Crippen molar-refractivity contribution in [3.8, 4) is 22.7 Å². The van der Waals surface area contributed by atoms with Crippen molar-refractivity contribution in [2.45, 2.75) is 12.8 Å². The molecular formula is C22H12ClF6N5O2. The second-order valence-electron chi connectivity index (χ2n) is 7.05. The number of ether oxygens (including phenoxy) is 1. The van der Waals surface area contributed by atoms with Gasteiger partial charge in [0.2, 0.25) is 0 Å². The number of hydrogen-bond acceptors (Lipinski definition) is 5. The van der Waals surface area contributed by atoms with Gasteiger partial charge in [0.05, 0.1) is 34.9 Å². The molecule has 0 atom stereocenters. The Bertz CT molecular complexity index is 1400. The van der Waals surface area contributed by atoms with Gasteiger partial charge in [-0.1, -0.05) is 23.7 Å². The summed E-state index contributed by atoms with van der Waals surface area (Å²) in [6.45, 7) is -3.32. The quantitative estimate of drug-likeness (QED) is 0.311. The van der Waals surface area contributed by atoms with E-state index in [4.69, 9.17) is 11.6 Å². The van der Waals surface area contributed by atoms with E-state index in [0.717, 1.165) is 36.8 Å². The molecule has 7 nitrogen and oxygen atoms in total. The summed E-state index contributed by atoms with van der Waals surface area (Å²) in [5.41, 5.74) is -1.67. The highest BCUT2D eigenvalue weighted by Gasteiger charge is 2.36. The molecule has 0 saturated carbocycles. The van der Waals surface area contributed by atoms with Crippen molar-refractivity contribution in [1.29, 1.82) is 0 Å². The molecule has 4 aromatic rings. The van der Waals surface area contributed by atoms with Crippen molar-refractivity contribution in [3.05, 3.63) is 83.0 Å². The van der Waals surface area contributed by atoms with Gasteiger partial charge in [-0.3, -0.25) is 4.79 Å². The minimum Gasteiger partial charge on any atom is -0.433 e. The highest BCUT2D eigenvalue weighted by atomic mass is 35.5. The molecule has 0 saturated heterocycles. The van der Waals surface area contributed by atoms with Crippen LogP contribution in [0.15, 0.2) is 61.1 Å². The number of nitrogens with zero attached hydrogens (tertiary/aromatic N) is 4. The molecule has 36 heavy (non-hydrogen) atoms. The minimum absolute atomic E-state index is 0.0361. The molecule has 14 heteroatoms. The van der Waals surface area contributed by atoms with E-state index in [0.29, 0.717) is 10.9 Å². The lowest BCUT2D eigenvalue weighted by Gasteiger charge is -2.16. The summed E-state index contributed by atoms with van der Waals surface area (Å²) in [5, 5.41) is 8.92. The van der Waals surface area contributed by atoms with E-state index in [1.165, 1.54) is 18.2 Å². The maximum absolute atomic E-state index is 13.6. The van der Waals surface area contributed by atoms with Gasteiger partial charge in [-0.2, -0.15) is 32.1 Å². The summed E-state index contributed by atoms with van der Waals surface area (Å²) in [6, 6.07) is 7.76. The van der Waals surface area contributed by atoms with Gasteiger partial charge in [0.15, 0.2) is 11.6 Å². The molecule has 0 radical (unpaired) electrons. The number of nitrogens with one attached hydrogen (secondary N) is 1. The molecule has 0 aliphatic carbocycles. The summed E-state index contributed by atoms with van der Waals surface area (Å²) < 4.78 is 84.7. The molecule has 0 spiro atoms. The molecule has 1 amide bonds. The molecular weight excluding hydrogens is 516 g/mol. The molecule has 0 aliphatic heterocycles. The zero-order chi connectivity index (χ0) is 26.0. The van der Waals surface area contributed by atoms with Gasteiger partial charge in [-0.05, 0) is 35.9 Å². The van der Waals surface area contributed by atoms with Crippen LogP contribution < -0.4 is 10.1 Å². The van der Waals surface area contributed by atoms with Crippen LogP contribution in [0.2, 0.25) is 5.02 Å². The molecule has 186 valence electrons. The predicted octanol–water partition coefficient (Wildman–Crippen LogP) is 5.99. The number of anilines is 1. The summed E-state index contributed by atoms with van der Waals surface area (Å²) >= 11 is 6.19. The Morgan fingerprint density at radius 3 is 2.33 bits per heavy atom. The van der Waals surface area contributed by atoms with E-state index in [2.05, 4.69) is 25.2 Å². The van der Waals surface area contributed by atoms with Gasteiger partial charge in [0, 0.05) is 5.56 Å². The first kappa shape index (κ1) is 25.0. The maximum Gasteiger partial charge on any atom is 0.420 e. The average molecular weight is 528 g/mol. The number of benzene rings is 2. The van der Waals surface area contributed by atoms with Crippen molar-refractivity contribution in [1.82, 2.24) is 20.0 Å². The van der Waals surface area contributed by atoms with E-state index >= 15 is 0 Å². The molecule has 0 aliphatic rings. The third-order valence-electron chi connectivity index (χ3n) is 4.74. The van der Waals surface area contributed by atoms with Gasteiger partial charge in [0.25, 0.3) is 5.91 Å². The first-order valence-corrected chi connectivity index (χ1v) is 10.2. The summed E-state index contributed by atoms with van der Waals surface area (Å²) in [4.78, 5) is 17.2. The van der Waals surface area contributed by atoms with E-state index in [-0.39, 0.29) is 22.4 Å². The van der Waals surface area contributed by atoms with Crippen LogP contribution >= 0.6 is 11.6 Å². The third kappa shape index (κ3) is 5.25. The van der Waals surface area contributed by atoms with Crippen molar-refractivity contribution in [3.63, 3.8) is 0 Å². The number of hydrogen-bond donors (Lipinski definition) is 1. The zero-order valence-corrected chi connectivity index (χ0v) is 18.4. The second-order valence-corrected chi connectivity index (χ2v) is 7.43. The Kier molecular flexibility index (Phi) is 6.84. The summed E-state index contributed by atoms with van der Waals surface area (Å²) in [6.07, 6.45) is -1.62. The fourth-order valence-corrected chi connectivity index (χ4v) is 3.51. The predicted molar refractivity (Wildman–Crippen MR) is 116 cm³/mol. The number of alkyl halides is 5. The van der Waals surface area contributed by atoms with E-state index in [1.54, 1.807) is 0 Å². The normalized spacial score (nSPS) is 11.6.